The Bertz CT molecular complexity index is 1980. The molecule has 1 nitrogen and oxygen atoms in total. The summed E-state index contributed by atoms with van der Waals surface area (Å²) in [5.74, 6) is 0. The van der Waals surface area contributed by atoms with Crippen LogP contribution in [0.15, 0.2) is 126 Å². The van der Waals surface area contributed by atoms with Gasteiger partial charge in [-0.3, -0.25) is 4.79 Å². The Morgan fingerprint density at radius 3 is 1.60 bits per heavy atom. The highest BCUT2D eigenvalue weighted by Gasteiger charge is 2.09. The minimum Gasteiger partial charge on any atom is -0.289 e. The molecule has 0 spiro atoms. The van der Waals surface area contributed by atoms with Gasteiger partial charge in [0.25, 0.3) is 0 Å². The van der Waals surface area contributed by atoms with Crippen LogP contribution in [-0.2, 0) is 0 Å². The van der Waals surface area contributed by atoms with Crippen molar-refractivity contribution < 1.29 is 0 Å². The van der Waals surface area contributed by atoms with Gasteiger partial charge >= 0.3 is 0 Å². The molecule has 0 aliphatic heterocycles. The summed E-state index contributed by atoms with van der Waals surface area (Å²) in [4.78, 5) is 13.1. The van der Waals surface area contributed by atoms with Gasteiger partial charge in [0.1, 0.15) is 0 Å². The summed E-state index contributed by atoms with van der Waals surface area (Å²) < 4.78 is 2.06. The molecular formula is C33H20OS. The molecule has 0 aliphatic rings. The molecule has 1 aromatic heterocycles. The Hall–Kier alpha value is -4.27. The van der Waals surface area contributed by atoms with Gasteiger partial charge in [0.15, 0.2) is 5.43 Å². The third-order valence-corrected chi connectivity index (χ3v) is 7.98. The Kier molecular flexibility index (Phi) is 4.54. The number of benzene rings is 6. The second-order valence-corrected chi connectivity index (χ2v) is 10.1. The molecule has 0 aliphatic carbocycles. The van der Waals surface area contributed by atoms with Gasteiger partial charge in [-0.25, -0.2) is 0 Å². The molecule has 35 heavy (non-hydrogen) atoms. The van der Waals surface area contributed by atoms with E-state index >= 15 is 0 Å². The lowest BCUT2D eigenvalue weighted by molar-refractivity contribution is 1.65. The summed E-state index contributed by atoms with van der Waals surface area (Å²) in [5, 5.41) is 6.49. The predicted molar refractivity (Wildman–Crippen MR) is 151 cm³/mol. The molecular weight excluding hydrogens is 444 g/mol. The second kappa shape index (κ2) is 7.90. The SMILES string of the molecule is O=c1c2ccccc2sc2ccc(-c3ccc4cc(-c5ccc6ccccc6c5)ccc4c3)cc12. The fraction of sp³-hybridized carbons (Fsp3) is 0. The van der Waals surface area contributed by atoms with Gasteiger partial charge in [0, 0.05) is 20.2 Å². The zero-order valence-electron chi connectivity index (χ0n) is 18.9. The van der Waals surface area contributed by atoms with Gasteiger partial charge in [-0.2, -0.15) is 0 Å². The van der Waals surface area contributed by atoms with Crippen molar-refractivity contribution >= 4 is 53.1 Å². The molecule has 0 unspecified atom stereocenters. The Morgan fingerprint density at radius 1 is 0.400 bits per heavy atom. The zero-order valence-corrected chi connectivity index (χ0v) is 19.7. The van der Waals surface area contributed by atoms with Crippen molar-refractivity contribution in [2.75, 3.05) is 0 Å². The molecule has 0 bridgehead atoms. The monoisotopic (exact) mass is 464 g/mol. The first-order chi connectivity index (χ1) is 17.2. The summed E-state index contributed by atoms with van der Waals surface area (Å²) in [6.07, 6.45) is 0. The van der Waals surface area contributed by atoms with Crippen molar-refractivity contribution in [2.45, 2.75) is 0 Å². The molecule has 7 rings (SSSR count). The van der Waals surface area contributed by atoms with E-state index in [1.165, 1.54) is 32.7 Å². The first-order valence-corrected chi connectivity index (χ1v) is 12.5. The fourth-order valence-corrected chi connectivity index (χ4v) is 6.01. The van der Waals surface area contributed by atoms with Crippen molar-refractivity contribution in [2.24, 2.45) is 0 Å². The van der Waals surface area contributed by atoms with E-state index in [1.54, 1.807) is 11.3 Å². The highest BCUT2D eigenvalue weighted by molar-refractivity contribution is 7.24. The second-order valence-electron chi connectivity index (χ2n) is 8.98. The lowest BCUT2D eigenvalue weighted by Gasteiger charge is -2.09. The van der Waals surface area contributed by atoms with E-state index in [-0.39, 0.29) is 5.43 Å². The van der Waals surface area contributed by atoms with Crippen LogP contribution in [0.25, 0.3) is 64.0 Å². The van der Waals surface area contributed by atoms with Gasteiger partial charge in [-0.05, 0) is 86.3 Å². The van der Waals surface area contributed by atoms with E-state index in [0.717, 1.165) is 31.3 Å². The molecule has 164 valence electrons. The van der Waals surface area contributed by atoms with E-state index in [9.17, 15) is 4.79 Å². The summed E-state index contributed by atoms with van der Waals surface area (Å²) >= 11 is 1.67. The molecule has 6 aromatic carbocycles. The van der Waals surface area contributed by atoms with Crippen LogP contribution >= 0.6 is 11.3 Å². The fourth-order valence-electron chi connectivity index (χ4n) is 4.96. The van der Waals surface area contributed by atoms with Gasteiger partial charge in [0.05, 0.1) is 0 Å². The van der Waals surface area contributed by atoms with E-state index in [4.69, 9.17) is 0 Å². The van der Waals surface area contributed by atoms with Crippen molar-refractivity contribution in [3.05, 3.63) is 132 Å². The number of hydrogen-bond donors (Lipinski definition) is 0. The minimum absolute atomic E-state index is 0.108. The number of fused-ring (bicyclic) bond motifs is 4. The Morgan fingerprint density at radius 2 is 0.886 bits per heavy atom. The molecule has 2 heteroatoms. The van der Waals surface area contributed by atoms with Crippen LogP contribution in [0.2, 0.25) is 0 Å². The van der Waals surface area contributed by atoms with Crippen molar-refractivity contribution in [3.8, 4) is 22.3 Å². The van der Waals surface area contributed by atoms with Crippen LogP contribution in [0.5, 0.6) is 0 Å². The molecule has 0 saturated carbocycles. The Balaban J connectivity index is 1.31. The highest BCUT2D eigenvalue weighted by atomic mass is 32.1. The first-order valence-electron chi connectivity index (χ1n) is 11.7. The normalized spacial score (nSPS) is 11.5. The molecule has 0 fully saturated rings. The first kappa shape index (κ1) is 20.1. The molecule has 0 atom stereocenters. The lowest BCUT2D eigenvalue weighted by Crippen LogP contribution is -2.00. The van der Waals surface area contributed by atoms with Crippen molar-refractivity contribution in [3.63, 3.8) is 0 Å². The third kappa shape index (κ3) is 3.42. The standard InChI is InChI=1S/C33H20OS/c34-33-29-7-3-4-8-31(29)35-32-16-15-28(20-30(32)33)27-14-13-25-18-24(11-12-26(25)19-27)23-10-9-21-5-1-2-6-22(21)17-23/h1-20H. The van der Waals surface area contributed by atoms with Crippen molar-refractivity contribution in [1.82, 2.24) is 0 Å². The van der Waals surface area contributed by atoms with E-state index in [2.05, 4.69) is 91.0 Å². The lowest BCUT2D eigenvalue weighted by atomic mass is 9.96. The van der Waals surface area contributed by atoms with Gasteiger partial charge in [0.2, 0.25) is 0 Å². The van der Waals surface area contributed by atoms with Crippen LogP contribution in [-0.4, -0.2) is 0 Å². The summed E-state index contributed by atoms with van der Waals surface area (Å²) in [6.45, 7) is 0. The van der Waals surface area contributed by atoms with Crippen LogP contribution in [0, 0.1) is 0 Å². The van der Waals surface area contributed by atoms with Crippen LogP contribution in [0.3, 0.4) is 0 Å². The maximum Gasteiger partial charge on any atom is 0.195 e. The van der Waals surface area contributed by atoms with E-state index in [0.29, 0.717) is 0 Å². The predicted octanol–water partition coefficient (Wildman–Crippen LogP) is 9.06. The third-order valence-electron chi connectivity index (χ3n) is 6.83. The largest absolute Gasteiger partial charge is 0.289 e. The maximum absolute atomic E-state index is 13.1. The van der Waals surface area contributed by atoms with Gasteiger partial charge in [-0.1, -0.05) is 78.9 Å². The molecule has 0 amide bonds. The van der Waals surface area contributed by atoms with E-state index < -0.39 is 0 Å². The van der Waals surface area contributed by atoms with E-state index in [1.807, 2.05) is 30.3 Å². The van der Waals surface area contributed by atoms with Crippen molar-refractivity contribution in [1.29, 1.82) is 0 Å². The Labute approximate surface area is 206 Å². The molecule has 1 heterocycles. The quantitative estimate of drug-likeness (QED) is 0.233. The molecule has 0 saturated heterocycles. The number of rotatable bonds is 2. The zero-order chi connectivity index (χ0) is 23.4. The molecule has 0 N–H and O–H groups in total. The minimum atomic E-state index is 0.108. The summed E-state index contributed by atoms with van der Waals surface area (Å²) in [6, 6.07) is 42.4. The highest BCUT2D eigenvalue weighted by Crippen LogP contribution is 2.32. The van der Waals surface area contributed by atoms with Gasteiger partial charge in [-0.15, -0.1) is 11.3 Å². The van der Waals surface area contributed by atoms with Crippen LogP contribution in [0.1, 0.15) is 0 Å². The average Bonchev–Trinajstić information content (AvgIpc) is 2.92. The summed E-state index contributed by atoms with van der Waals surface area (Å²) in [7, 11) is 0. The molecule has 7 aromatic rings. The summed E-state index contributed by atoms with van der Waals surface area (Å²) in [5.41, 5.74) is 4.73. The maximum atomic E-state index is 13.1. The average molecular weight is 465 g/mol. The van der Waals surface area contributed by atoms with Gasteiger partial charge < -0.3 is 0 Å². The van der Waals surface area contributed by atoms with Crippen LogP contribution in [0.4, 0.5) is 0 Å². The topological polar surface area (TPSA) is 17.1 Å². The van der Waals surface area contributed by atoms with Crippen LogP contribution < -0.4 is 5.43 Å². The number of hydrogen-bond acceptors (Lipinski definition) is 2. The smallest absolute Gasteiger partial charge is 0.195 e. The molecule has 0 radical (unpaired) electrons.